The number of carbonyl (C=O) groups is 2. The number of anilines is 1. The fourth-order valence-electron chi connectivity index (χ4n) is 3.40. The predicted molar refractivity (Wildman–Crippen MR) is 127 cm³/mol. The normalized spacial score (nSPS) is 10.9. The second-order valence-electron chi connectivity index (χ2n) is 7.05. The van der Waals surface area contributed by atoms with E-state index in [2.05, 4.69) is 5.32 Å². The molecule has 0 aliphatic carbocycles. The molecule has 0 spiro atoms. The Hall–Kier alpha value is -4.07. The molecule has 33 heavy (non-hydrogen) atoms. The first kappa shape index (κ1) is 23.6. The van der Waals surface area contributed by atoms with Crippen molar-refractivity contribution in [1.29, 1.82) is 0 Å². The average Bonchev–Trinajstić information content (AvgIpc) is 2.83. The van der Waals surface area contributed by atoms with Crippen molar-refractivity contribution >= 4 is 34.5 Å². The van der Waals surface area contributed by atoms with Gasteiger partial charge in [-0.1, -0.05) is 6.07 Å². The van der Waals surface area contributed by atoms with E-state index in [1.54, 1.807) is 61.1 Å². The fourth-order valence-corrected chi connectivity index (χ4v) is 3.40. The van der Waals surface area contributed by atoms with Crippen molar-refractivity contribution in [3.63, 3.8) is 0 Å². The molecular formula is C25H26N2O6. The van der Waals surface area contributed by atoms with E-state index < -0.39 is 11.4 Å². The Bertz CT molecular complexity index is 1280. The van der Waals surface area contributed by atoms with Gasteiger partial charge in [-0.25, -0.2) is 4.79 Å². The third-order valence-corrected chi connectivity index (χ3v) is 5.02. The lowest BCUT2D eigenvalue weighted by Gasteiger charge is -2.12. The number of nitrogens with zero attached hydrogens (tertiary/aromatic N) is 1. The molecule has 0 radical (unpaired) electrons. The van der Waals surface area contributed by atoms with Crippen molar-refractivity contribution < 1.29 is 23.8 Å². The molecule has 0 saturated carbocycles. The second-order valence-corrected chi connectivity index (χ2v) is 7.05. The summed E-state index contributed by atoms with van der Waals surface area (Å²) in [6.07, 6.45) is 4.53. The van der Waals surface area contributed by atoms with Crippen molar-refractivity contribution in [1.82, 2.24) is 4.57 Å². The monoisotopic (exact) mass is 450 g/mol. The van der Waals surface area contributed by atoms with Gasteiger partial charge >= 0.3 is 5.97 Å². The molecular weight excluding hydrogens is 424 g/mol. The topological polar surface area (TPSA) is 95.9 Å². The lowest BCUT2D eigenvalue weighted by atomic mass is 10.1. The van der Waals surface area contributed by atoms with Crippen LogP contribution >= 0.6 is 0 Å². The Kier molecular flexibility index (Phi) is 7.50. The smallest absolute Gasteiger partial charge is 0.343 e. The fraction of sp³-hybridized carbons (Fsp3) is 0.240. The highest BCUT2D eigenvalue weighted by Crippen LogP contribution is 2.28. The van der Waals surface area contributed by atoms with Crippen LogP contribution in [0.3, 0.4) is 0 Å². The van der Waals surface area contributed by atoms with Gasteiger partial charge in [0.15, 0.2) is 11.5 Å². The Morgan fingerprint density at radius 1 is 1.03 bits per heavy atom. The number of hydrogen-bond acceptors (Lipinski definition) is 6. The maximum Gasteiger partial charge on any atom is 0.343 e. The van der Waals surface area contributed by atoms with Crippen molar-refractivity contribution in [3.05, 3.63) is 70.0 Å². The number of rotatable bonds is 8. The van der Waals surface area contributed by atoms with Crippen LogP contribution < -0.4 is 20.2 Å². The van der Waals surface area contributed by atoms with Crippen molar-refractivity contribution in [2.75, 3.05) is 26.1 Å². The molecule has 1 heterocycles. The van der Waals surface area contributed by atoms with Crippen LogP contribution in [-0.4, -0.2) is 37.3 Å². The number of pyridine rings is 1. The molecule has 0 atom stereocenters. The van der Waals surface area contributed by atoms with E-state index >= 15 is 0 Å². The van der Waals surface area contributed by atoms with Gasteiger partial charge in [-0.3, -0.25) is 9.59 Å². The highest BCUT2D eigenvalue weighted by atomic mass is 16.5. The van der Waals surface area contributed by atoms with Crippen LogP contribution in [0.2, 0.25) is 0 Å². The van der Waals surface area contributed by atoms with Gasteiger partial charge in [0.25, 0.3) is 0 Å². The quantitative estimate of drug-likeness (QED) is 0.414. The van der Waals surface area contributed by atoms with Gasteiger partial charge in [-0.2, -0.15) is 0 Å². The number of amides is 1. The zero-order valence-electron chi connectivity index (χ0n) is 19.0. The van der Waals surface area contributed by atoms with Crippen LogP contribution in [0.15, 0.2) is 53.5 Å². The van der Waals surface area contributed by atoms with Gasteiger partial charge in [-0.05, 0) is 55.8 Å². The van der Waals surface area contributed by atoms with Crippen LogP contribution in [0, 0.1) is 0 Å². The van der Waals surface area contributed by atoms with Crippen LogP contribution in [-0.2, 0) is 16.1 Å². The second kappa shape index (κ2) is 10.5. The minimum absolute atomic E-state index is 0.0389. The van der Waals surface area contributed by atoms with E-state index in [4.69, 9.17) is 14.2 Å². The zero-order valence-corrected chi connectivity index (χ0v) is 19.0. The van der Waals surface area contributed by atoms with Crippen molar-refractivity contribution in [2.24, 2.45) is 0 Å². The first-order chi connectivity index (χ1) is 15.9. The first-order valence-corrected chi connectivity index (χ1v) is 10.5. The van der Waals surface area contributed by atoms with Gasteiger partial charge in [0.05, 0.1) is 26.3 Å². The van der Waals surface area contributed by atoms with E-state index in [0.29, 0.717) is 34.6 Å². The Labute approximate surface area is 191 Å². The van der Waals surface area contributed by atoms with Crippen LogP contribution in [0.4, 0.5) is 5.69 Å². The number of aromatic nitrogens is 1. The third kappa shape index (κ3) is 5.23. The molecule has 0 saturated heterocycles. The van der Waals surface area contributed by atoms with E-state index in [1.165, 1.54) is 19.4 Å². The molecule has 3 aromatic rings. The number of methoxy groups -OCH3 is 2. The minimum Gasteiger partial charge on any atom is -0.493 e. The largest absolute Gasteiger partial charge is 0.493 e. The van der Waals surface area contributed by atoms with Crippen LogP contribution in [0.25, 0.3) is 17.0 Å². The predicted octanol–water partition coefficient (Wildman–Crippen LogP) is 3.87. The lowest BCUT2D eigenvalue weighted by molar-refractivity contribution is -0.111. The zero-order chi connectivity index (χ0) is 24.0. The summed E-state index contributed by atoms with van der Waals surface area (Å²) in [4.78, 5) is 37.6. The van der Waals surface area contributed by atoms with Crippen LogP contribution in [0.1, 0.15) is 29.8 Å². The Balaban J connectivity index is 1.87. The molecule has 3 rings (SSSR count). The number of esters is 1. The molecule has 0 aliphatic rings. The SMILES string of the molecule is CCOC(=O)c1cn(CC)c2ccc(NC(=O)/C=C/c3ccc(OC)c(OC)c3)cc2c1=O. The molecule has 1 N–H and O–H groups in total. The molecule has 8 nitrogen and oxygen atoms in total. The summed E-state index contributed by atoms with van der Waals surface area (Å²) in [5.41, 5.74) is 1.37. The minimum atomic E-state index is -0.668. The number of fused-ring (bicyclic) bond motifs is 1. The summed E-state index contributed by atoms with van der Waals surface area (Å²) in [6.45, 7) is 4.32. The molecule has 0 aliphatic heterocycles. The van der Waals surface area contributed by atoms with Gasteiger partial charge in [0.1, 0.15) is 5.56 Å². The van der Waals surface area contributed by atoms with Crippen molar-refractivity contribution in [3.8, 4) is 11.5 Å². The van der Waals surface area contributed by atoms with E-state index in [1.807, 2.05) is 6.92 Å². The highest BCUT2D eigenvalue weighted by Gasteiger charge is 2.16. The lowest BCUT2D eigenvalue weighted by Crippen LogP contribution is -2.21. The molecule has 2 aromatic carbocycles. The molecule has 8 heteroatoms. The first-order valence-electron chi connectivity index (χ1n) is 10.5. The van der Waals surface area contributed by atoms with Crippen LogP contribution in [0.5, 0.6) is 11.5 Å². The number of nitrogens with one attached hydrogen (secondary N) is 1. The number of hydrogen-bond donors (Lipinski definition) is 1. The Morgan fingerprint density at radius 3 is 2.45 bits per heavy atom. The molecule has 0 fully saturated rings. The number of ether oxygens (including phenoxy) is 3. The number of carbonyl (C=O) groups excluding carboxylic acids is 2. The maximum atomic E-state index is 12.9. The summed E-state index contributed by atoms with van der Waals surface area (Å²) >= 11 is 0. The van der Waals surface area contributed by atoms with Gasteiger partial charge < -0.3 is 24.1 Å². The maximum absolute atomic E-state index is 12.9. The summed E-state index contributed by atoms with van der Waals surface area (Å²) in [7, 11) is 3.09. The van der Waals surface area contributed by atoms with Gasteiger partial charge in [0, 0.05) is 29.9 Å². The number of aryl methyl sites for hydroxylation is 1. The van der Waals surface area contributed by atoms with Crippen molar-refractivity contribution in [2.45, 2.75) is 20.4 Å². The molecule has 172 valence electrons. The summed E-state index contributed by atoms with van der Waals surface area (Å²) in [5, 5.41) is 3.07. The van der Waals surface area contributed by atoms with Gasteiger partial charge in [0.2, 0.25) is 11.3 Å². The summed E-state index contributed by atoms with van der Waals surface area (Å²) < 4.78 is 17.3. The van der Waals surface area contributed by atoms with E-state index in [9.17, 15) is 14.4 Å². The molecule has 1 amide bonds. The molecule has 1 aromatic heterocycles. The third-order valence-electron chi connectivity index (χ3n) is 5.02. The number of benzene rings is 2. The summed E-state index contributed by atoms with van der Waals surface area (Å²) in [5.74, 6) is 0.106. The van der Waals surface area contributed by atoms with E-state index in [0.717, 1.165) is 5.56 Å². The summed E-state index contributed by atoms with van der Waals surface area (Å²) in [6, 6.07) is 10.3. The average molecular weight is 450 g/mol. The molecule has 0 bridgehead atoms. The Morgan fingerprint density at radius 2 is 1.79 bits per heavy atom. The van der Waals surface area contributed by atoms with Gasteiger partial charge in [-0.15, -0.1) is 0 Å². The standard InChI is InChI=1S/C25H26N2O6/c1-5-27-15-19(25(30)33-6-2)24(29)18-14-17(9-10-20(18)27)26-23(28)12-8-16-7-11-21(31-3)22(13-16)32-4/h7-15H,5-6H2,1-4H3,(H,26,28)/b12-8+. The van der Waals surface area contributed by atoms with E-state index in [-0.39, 0.29) is 18.1 Å². The molecule has 0 unspecified atom stereocenters. The highest BCUT2D eigenvalue weighted by molar-refractivity contribution is 6.03.